The summed E-state index contributed by atoms with van der Waals surface area (Å²) in [6.07, 6.45) is 0. The third kappa shape index (κ3) is 11.3. The second-order valence-corrected chi connectivity index (χ2v) is 30.4. The SMILES string of the molecule is Cc1cccc(C)c1-c1cc(-c2c(C)cccc2C)cc(N(c2cc(C(C)(C)C)cc(C(C)(C)C)c2)c2ccc3ccc4c(N(c5cc(-c6c(C)cccc6C)cc(-c6c(C)cccc6C)c5)c5cc(C(C)(C)C)cc(C(C)(C)C)c5)ccc5ccc2c3c54)c1. The first-order chi connectivity index (χ1) is 42.4. The Hall–Kier alpha value is -8.72. The molecule has 0 bridgehead atoms. The summed E-state index contributed by atoms with van der Waals surface area (Å²) in [5, 5.41) is 7.37. The zero-order chi connectivity index (χ0) is 64.3. The van der Waals surface area contributed by atoms with E-state index in [4.69, 9.17) is 0 Å². The van der Waals surface area contributed by atoms with Crippen molar-refractivity contribution in [2.45, 2.75) is 160 Å². The number of benzene rings is 12. The Labute approximate surface area is 538 Å². The number of nitrogens with zero attached hydrogens (tertiary/aromatic N) is 2. The van der Waals surface area contributed by atoms with Crippen LogP contribution in [0.5, 0.6) is 0 Å². The predicted octanol–water partition coefficient (Wildman–Crippen LogP) is 25.8. The molecule has 454 valence electrons. The summed E-state index contributed by atoms with van der Waals surface area (Å²) in [5.41, 5.74) is 31.7. The highest BCUT2D eigenvalue weighted by molar-refractivity contribution is 6.28. The zero-order valence-corrected chi connectivity index (χ0v) is 57.4. The Morgan fingerprint density at radius 2 is 0.456 bits per heavy atom. The van der Waals surface area contributed by atoms with Crippen molar-refractivity contribution in [1.82, 2.24) is 0 Å². The Kier molecular flexibility index (Phi) is 15.5. The molecule has 2 heteroatoms. The normalized spacial score (nSPS) is 12.4. The minimum absolute atomic E-state index is 0.117. The molecule has 0 aliphatic heterocycles. The van der Waals surface area contributed by atoms with Gasteiger partial charge in [-0.15, -0.1) is 0 Å². The monoisotopic (exact) mass is 1180 g/mol. The molecule has 0 fully saturated rings. The van der Waals surface area contributed by atoms with Crippen molar-refractivity contribution < 1.29 is 0 Å². The largest absolute Gasteiger partial charge is 0.310 e. The fourth-order valence-electron chi connectivity index (χ4n) is 14.4. The van der Waals surface area contributed by atoms with Crippen LogP contribution >= 0.6 is 0 Å². The minimum Gasteiger partial charge on any atom is -0.310 e. The summed E-state index contributed by atoms with van der Waals surface area (Å²) >= 11 is 0. The average molecular weight is 1180 g/mol. The molecule has 0 heterocycles. The van der Waals surface area contributed by atoms with Crippen molar-refractivity contribution >= 4 is 66.4 Å². The van der Waals surface area contributed by atoms with Crippen molar-refractivity contribution in [2.75, 3.05) is 9.80 Å². The molecule has 0 amide bonds. The van der Waals surface area contributed by atoms with Crippen molar-refractivity contribution in [1.29, 1.82) is 0 Å². The van der Waals surface area contributed by atoms with Crippen LogP contribution in [-0.4, -0.2) is 0 Å². The maximum absolute atomic E-state index is 2.61. The van der Waals surface area contributed by atoms with E-state index in [0.29, 0.717) is 0 Å². The van der Waals surface area contributed by atoms with E-state index in [9.17, 15) is 0 Å². The van der Waals surface area contributed by atoms with E-state index >= 15 is 0 Å². The standard InChI is InChI=1S/C88H92N2/c1-53-25-21-26-54(2)79(53)63-41-64(80-55(3)27-22-28-56(80)4)44-71(43-63)89(73-49-67(85(9,10)11)47-68(50-73)86(12,13)14)77-39-35-61-34-38-76-78(40-36-62-33-37-75(77)83(61)84(62)76)90(74-51-69(87(15,16)17)48-70(52-74)88(18,19)20)72-45-65(81-57(5)29-23-30-58(81)6)42-66(46-72)82-59(7)31-24-32-60(82)8/h21-52H,1-20H3. The number of hydrogen-bond donors (Lipinski definition) is 0. The van der Waals surface area contributed by atoms with Gasteiger partial charge >= 0.3 is 0 Å². The van der Waals surface area contributed by atoms with E-state index < -0.39 is 0 Å². The average Bonchev–Trinajstić information content (AvgIpc) is 0.724. The Morgan fingerprint density at radius 1 is 0.233 bits per heavy atom. The van der Waals surface area contributed by atoms with Crippen LogP contribution in [0.25, 0.3) is 76.8 Å². The first-order valence-electron chi connectivity index (χ1n) is 32.6. The molecule has 12 aromatic carbocycles. The maximum atomic E-state index is 2.61. The van der Waals surface area contributed by atoms with E-state index in [1.54, 1.807) is 0 Å². The van der Waals surface area contributed by atoms with Crippen LogP contribution in [0.2, 0.25) is 0 Å². The molecule has 12 aromatic rings. The van der Waals surface area contributed by atoms with Crippen molar-refractivity contribution in [3.63, 3.8) is 0 Å². The van der Waals surface area contributed by atoms with Crippen LogP contribution in [0, 0.1) is 55.4 Å². The lowest BCUT2D eigenvalue weighted by atomic mass is 9.80. The van der Waals surface area contributed by atoms with Gasteiger partial charge in [0.1, 0.15) is 0 Å². The zero-order valence-electron chi connectivity index (χ0n) is 57.4. The third-order valence-electron chi connectivity index (χ3n) is 19.3. The van der Waals surface area contributed by atoms with Gasteiger partial charge in [0.15, 0.2) is 0 Å². The summed E-state index contributed by atoms with van der Waals surface area (Å²) < 4.78 is 0. The van der Waals surface area contributed by atoms with Gasteiger partial charge in [0, 0.05) is 33.5 Å². The van der Waals surface area contributed by atoms with Crippen molar-refractivity contribution in [3.8, 4) is 44.5 Å². The van der Waals surface area contributed by atoms with E-state index in [1.807, 2.05) is 0 Å². The third-order valence-corrected chi connectivity index (χ3v) is 19.3. The molecule has 12 rings (SSSR count). The van der Waals surface area contributed by atoms with Crippen LogP contribution in [0.15, 0.2) is 194 Å². The van der Waals surface area contributed by atoms with Gasteiger partial charge in [-0.05, 0) is 283 Å². The number of aryl methyl sites for hydroxylation is 8. The van der Waals surface area contributed by atoms with Gasteiger partial charge in [-0.2, -0.15) is 0 Å². The Morgan fingerprint density at radius 3 is 0.689 bits per heavy atom. The molecule has 0 unspecified atom stereocenters. The fraction of sp³-hybridized carbons (Fsp3) is 0.273. The van der Waals surface area contributed by atoms with E-state index in [2.05, 4.69) is 342 Å². The molecule has 0 aromatic heterocycles. The molecule has 0 aliphatic rings. The lowest BCUT2D eigenvalue weighted by Crippen LogP contribution is -2.19. The van der Waals surface area contributed by atoms with Crippen LogP contribution in [0.4, 0.5) is 34.1 Å². The fourth-order valence-corrected chi connectivity index (χ4v) is 14.4. The van der Waals surface area contributed by atoms with Crippen molar-refractivity contribution in [3.05, 3.63) is 261 Å². The minimum atomic E-state index is -0.117. The topological polar surface area (TPSA) is 6.48 Å². The van der Waals surface area contributed by atoms with Gasteiger partial charge in [0.25, 0.3) is 0 Å². The Balaban J connectivity index is 1.20. The van der Waals surface area contributed by atoms with Gasteiger partial charge in [-0.1, -0.05) is 204 Å². The van der Waals surface area contributed by atoms with Gasteiger partial charge in [0.2, 0.25) is 0 Å². The summed E-state index contributed by atoms with van der Waals surface area (Å²) in [5.74, 6) is 0. The van der Waals surface area contributed by atoms with Gasteiger partial charge in [-0.25, -0.2) is 0 Å². The smallest absolute Gasteiger partial charge is 0.0540 e. The molecule has 0 atom stereocenters. The maximum Gasteiger partial charge on any atom is 0.0540 e. The molecule has 0 saturated heterocycles. The van der Waals surface area contributed by atoms with Crippen LogP contribution in [0.1, 0.15) is 150 Å². The van der Waals surface area contributed by atoms with Gasteiger partial charge in [-0.3, -0.25) is 0 Å². The van der Waals surface area contributed by atoms with E-state index in [0.717, 1.165) is 34.1 Å². The quantitative estimate of drug-likeness (QED) is 0.126. The van der Waals surface area contributed by atoms with Gasteiger partial charge in [0.05, 0.1) is 11.4 Å². The number of rotatable bonds is 10. The highest BCUT2D eigenvalue weighted by Crippen LogP contribution is 2.52. The predicted molar refractivity (Wildman–Crippen MR) is 394 cm³/mol. The summed E-state index contributed by atoms with van der Waals surface area (Å²) in [6.45, 7) is 46.4. The second-order valence-electron chi connectivity index (χ2n) is 30.4. The first kappa shape index (κ1) is 61.5. The number of hydrogen-bond acceptors (Lipinski definition) is 2. The summed E-state index contributed by atoms with van der Waals surface area (Å²) in [4.78, 5) is 5.22. The molecule has 2 nitrogen and oxygen atoms in total. The highest BCUT2D eigenvalue weighted by atomic mass is 15.2. The molecule has 0 radical (unpaired) electrons. The molecule has 0 spiro atoms. The lowest BCUT2D eigenvalue weighted by Gasteiger charge is -2.33. The van der Waals surface area contributed by atoms with Crippen LogP contribution in [-0.2, 0) is 21.7 Å². The van der Waals surface area contributed by atoms with Crippen molar-refractivity contribution in [2.24, 2.45) is 0 Å². The second kappa shape index (κ2) is 22.6. The van der Waals surface area contributed by atoms with Crippen LogP contribution in [0.3, 0.4) is 0 Å². The summed E-state index contributed by atoms with van der Waals surface area (Å²) in [6, 6.07) is 75.7. The highest BCUT2D eigenvalue weighted by Gasteiger charge is 2.30. The molecular formula is C88H92N2. The molecule has 0 saturated carbocycles. The van der Waals surface area contributed by atoms with Gasteiger partial charge < -0.3 is 9.80 Å². The first-order valence-corrected chi connectivity index (χ1v) is 32.6. The molecule has 90 heavy (non-hydrogen) atoms. The molecule has 0 N–H and O–H groups in total. The lowest BCUT2D eigenvalue weighted by molar-refractivity contribution is 0.568. The molecule has 0 aliphatic carbocycles. The molecular weight excluding hydrogens is 1080 g/mol. The summed E-state index contributed by atoms with van der Waals surface area (Å²) in [7, 11) is 0. The van der Waals surface area contributed by atoms with Crippen LogP contribution < -0.4 is 9.80 Å². The van der Waals surface area contributed by atoms with E-state index in [-0.39, 0.29) is 21.7 Å². The Bertz CT molecular complexity index is 4190. The number of anilines is 6. The van der Waals surface area contributed by atoms with E-state index in [1.165, 1.54) is 144 Å².